The van der Waals surface area contributed by atoms with Gasteiger partial charge in [0.2, 0.25) is 0 Å². The lowest BCUT2D eigenvalue weighted by molar-refractivity contribution is 0.259. The van der Waals surface area contributed by atoms with Crippen LogP contribution in [0, 0.1) is 0 Å². The molecule has 2 aromatic rings. The van der Waals surface area contributed by atoms with Crippen molar-refractivity contribution >= 4 is 22.1 Å². The van der Waals surface area contributed by atoms with Crippen molar-refractivity contribution in [1.29, 1.82) is 0 Å². The van der Waals surface area contributed by atoms with Crippen molar-refractivity contribution in [1.82, 2.24) is 0 Å². The largest absolute Gasteiger partial charge is 0.490 e. The average Bonchev–Trinajstić information content (AvgIpc) is 3.24. The number of benzene rings is 1. The van der Waals surface area contributed by atoms with Crippen molar-refractivity contribution < 1.29 is 9.47 Å². The van der Waals surface area contributed by atoms with Crippen LogP contribution >= 0.6 is 11.3 Å². The van der Waals surface area contributed by atoms with E-state index in [2.05, 4.69) is 36.7 Å². The molecule has 0 amide bonds. The number of ether oxygens (including phenoxy) is 2. The lowest BCUT2D eigenvalue weighted by atomic mass is 10.1. The Bertz CT molecular complexity index is 623. The monoisotopic (exact) mass is 446 g/mol. The molecule has 0 radical (unpaired) electrons. The van der Waals surface area contributed by atoms with Crippen molar-refractivity contribution in [3.8, 4) is 11.5 Å². The molecule has 0 saturated carbocycles. The number of hydrogen-bond acceptors (Lipinski definition) is 3. The lowest BCUT2D eigenvalue weighted by Gasteiger charge is -2.13. The van der Waals surface area contributed by atoms with E-state index in [0.717, 1.165) is 37.6 Å². The standard InChI is InChI=1S/C28H46O2S/c1-3-5-7-9-11-13-15-17-19-29-27-21-25-23-31-24-26(25)22-28(27)30-20-18-16-14-12-10-8-6-4-2/h21-24H,3-20H2,1-2H3. The Morgan fingerprint density at radius 2 is 0.871 bits per heavy atom. The molecule has 1 aromatic heterocycles. The highest BCUT2D eigenvalue weighted by Gasteiger charge is 2.09. The van der Waals surface area contributed by atoms with Crippen molar-refractivity contribution in [2.45, 2.75) is 117 Å². The van der Waals surface area contributed by atoms with Crippen LogP contribution in [0.2, 0.25) is 0 Å². The van der Waals surface area contributed by atoms with E-state index in [1.807, 2.05) is 0 Å². The minimum Gasteiger partial charge on any atom is -0.490 e. The molecule has 2 nitrogen and oxygen atoms in total. The van der Waals surface area contributed by atoms with Gasteiger partial charge in [0.1, 0.15) is 0 Å². The molecule has 0 unspecified atom stereocenters. The summed E-state index contributed by atoms with van der Waals surface area (Å²) in [4.78, 5) is 0. The Morgan fingerprint density at radius 3 is 1.26 bits per heavy atom. The fraction of sp³-hybridized carbons (Fsp3) is 0.714. The van der Waals surface area contributed by atoms with Crippen LogP contribution in [-0.4, -0.2) is 13.2 Å². The van der Waals surface area contributed by atoms with Gasteiger partial charge in [-0.05, 0) is 46.5 Å². The van der Waals surface area contributed by atoms with Gasteiger partial charge in [-0.1, -0.05) is 104 Å². The van der Waals surface area contributed by atoms with E-state index in [0.29, 0.717) is 0 Å². The van der Waals surface area contributed by atoms with E-state index < -0.39 is 0 Å². The molecular weight excluding hydrogens is 400 g/mol. The van der Waals surface area contributed by atoms with E-state index in [1.165, 1.54) is 101 Å². The summed E-state index contributed by atoms with van der Waals surface area (Å²) >= 11 is 1.75. The highest BCUT2D eigenvalue weighted by atomic mass is 32.1. The Morgan fingerprint density at radius 1 is 0.516 bits per heavy atom. The molecular formula is C28H46O2S. The third-order valence-electron chi connectivity index (χ3n) is 6.05. The van der Waals surface area contributed by atoms with Crippen molar-refractivity contribution in [2.24, 2.45) is 0 Å². The van der Waals surface area contributed by atoms with Gasteiger partial charge < -0.3 is 9.47 Å². The molecule has 0 bridgehead atoms. The molecule has 0 saturated heterocycles. The SMILES string of the molecule is CCCCCCCCCCOc1cc2cscc2cc1OCCCCCCCCCC. The van der Waals surface area contributed by atoms with Gasteiger partial charge in [-0.3, -0.25) is 0 Å². The molecule has 0 aliphatic heterocycles. The summed E-state index contributed by atoms with van der Waals surface area (Å²) in [5.74, 6) is 1.85. The normalized spacial score (nSPS) is 11.3. The van der Waals surface area contributed by atoms with Gasteiger partial charge >= 0.3 is 0 Å². The summed E-state index contributed by atoms with van der Waals surface area (Å²) in [5, 5.41) is 6.91. The highest BCUT2D eigenvalue weighted by molar-refractivity contribution is 7.09. The molecule has 2 rings (SSSR count). The van der Waals surface area contributed by atoms with E-state index in [9.17, 15) is 0 Å². The number of fused-ring (bicyclic) bond motifs is 1. The van der Waals surface area contributed by atoms with Gasteiger partial charge in [-0.25, -0.2) is 0 Å². The summed E-state index contributed by atoms with van der Waals surface area (Å²) in [6, 6.07) is 4.33. The third kappa shape index (κ3) is 11.3. The zero-order chi connectivity index (χ0) is 22.0. The van der Waals surface area contributed by atoms with Crippen LogP contribution < -0.4 is 9.47 Å². The van der Waals surface area contributed by atoms with Gasteiger partial charge in [0.05, 0.1) is 13.2 Å². The molecule has 3 heteroatoms. The highest BCUT2D eigenvalue weighted by Crippen LogP contribution is 2.34. The molecule has 1 heterocycles. The first kappa shape index (κ1) is 26.0. The molecule has 31 heavy (non-hydrogen) atoms. The molecule has 0 fully saturated rings. The number of hydrogen-bond donors (Lipinski definition) is 0. The summed E-state index contributed by atoms with van der Waals surface area (Å²) < 4.78 is 12.3. The van der Waals surface area contributed by atoms with Gasteiger partial charge in [0.15, 0.2) is 11.5 Å². The first-order valence-corrected chi connectivity index (χ1v) is 14.0. The maximum atomic E-state index is 6.17. The Hall–Kier alpha value is -1.22. The van der Waals surface area contributed by atoms with Gasteiger partial charge in [0, 0.05) is 0 Å². The van der Waals surface area contributed by atoms with Gasteiger partial charge in [-0.15, -0.1) is 0 Å². The molecule has 0 N–H and O–H groups in total. The van der Waals surface area contributed by atoms with Crippen LogP contribution in [0.1, 0.15) is 117 Å². The third-order valence-corrected chi connectivity index (χ3v) is 6.83. The zero-order valence-electron chi connectivity index (χ0n) is 20.3. The zero-order valence-corrected chi connectivity index (χ0v) is 21.1. The molecule has 0 atom stereocenters. The number of unbranched alkanes of at least 4 members (excludes halogenated alkanes) is 14. The van der Waals surface area contributed by atoms with Crippen molar-refractivity contribution in [2.75, 3.05) is 13.2 Å². The molecule has 0 spiro atoms. The summed E-state index contributed by atoms with van der Waals surface area (Å²) in [6.07, 6.45) is 21.2. The van der Waals surface area contributed by atoms with Gasteiger partial charge in [-0.2, -0.15) is 11.3 Å². The maximum Gasteiger partial charge on any atom is 0.161 e. The van der Waals surface area contributed by atoms with E-state index in [1.54, 1.807) is 11.3 Å². The summed E-state index contributed by atoms with van der Waals surface area (Å²) in [7, 11) is 0. The summed E-state index contributed by atoms with van der Waals surface area (Å²) in [6.45, 7) is 6.13. The van der Waals surface area contributed by atoms with Crippen LogP contribution in [0.15, 0.2) is 22.9 Å². The fourth-order valence-electron chi connectivity index (χ4n) is 4.04. The predicted molar refractivity (Wildman–Crippen MR) is 138 cm³/mol. The first-order chi connectivity index (χ1) is 15.3. The Labute approximate surface area is 195 Å². The minimum absolute atomic E-state index is 0.790. The fourth-order valence-corrected chi connectivity index (χ4v) is 4.81. The topological polar surface area (TPSA) is 18.5 Å². The van der Waals surface area contributed by atoms with Crippen molar-refractivity contribution in [3.63, 3.8) is 0 Å². The van der Waals surface area contributed by atoms with E-state index in [-0.39, 0.29) is 0 Å². The number of thiophene rings is 1. The Balaban J connectivity index is 1.67. The van der Waals surface area contributed by atoms with E-state index >= 15 is 0 Å². The van der Waals surface area contributed by atoms with Crippen LogP contribution in [0.3, 0.4) is 0 Å². The first-order valence-electron chi connectivity index (χ1n) is 13.1. The second kappa shape index (κ2) is 17.3. The second-order valence-electron chi connectivity index (χ2n) is 8.95. The smallest absolute Gasteiger partial charge is 0.161 e. The summed E-state index contributed by atoms with van der Waals surface area (Å²) in [5.41, 5.74) is 0. The second-order valence-corrected chi connectivity index (χ2v) is 9.69. The van der Waals surface area contributed by atoms with Crippen LogP contribution in [0.25, 0.3) is 10.8 Å². The van der Waals surface area contributed by atoms with Crippen LogP contribution in [-0.2, 0) is 0 Å². The predicted octanol–water partition coefficient (Wildman–Crippen LogP) is 9.94. The molecule has 0 aliphatic carbocycles. The van der Waals surface area contributed by atoms with Crippen LogP contribution in [0.5, 0.6) is 11.5 Å². The molecule has 176 valence electrons. The quantitative estimate of drug-likeness (QED) is 0.188. The minimum atomic E-state index is 0.790. The van der Waals surface area contributed by atoms with E-state index in [4.69, 9.17) is 9.47 Å². The maximum absolute atomic E-state index is 6.17. The lowest BCUT2D eigenvalue weighted by Crippen LogP contribution is -2.03. The van der Waals surface area contributed by atoms with Crippen molar-refractivity contribution in [3.05, 3.63) is 22.9 Å². The average molecular weight is 447 g/mol. The Kier molecular flexibility index (Phi) is 14.6. The molecule has 1 aromatic carbocycles. The number of rotatable bonds is 20. The van der Waals surface area contributed by atoms with Crippen LogP contribution in [0.4, 0.5) is 0 Å². The van der Waals surface area contributed by atoms with Gasteiger partial charge in [0.25, 0.3) is 0 Å². The molecule has 0 aliphatic rings.